The van der Waals surface area contributed by atoms with Crippen LogP contribution >= 0.6 is 0 Å². The zero-order valence-corrected chi connectivity index (χ0v) is 10.8. The topological polar surface area (TPSA) is 32.3 Å². The molecule has 3 nitrogen and oxygen atoms in total. The van der Waals surface area contributed by atoms with Gasteiger partial charge < -0.3 is 10.2 Å². The van der Waals surface area contributed by atoms with Crippen LogP contribution in [0.5, 0.6) is 0 Å². The molecule has 0 aromatic heterocycles. The summed E-state index contributed by atoms with van der Waals surface area (Å²) in [5, 5.41) is 3.41. The Kier molecular flexibility index (Phi) is 3.08. The summed E-state index contributed by atoms with van der Waals surface area (Å²) in [4.78, 5) is 14.5. The molecule has 3 unspecified atom stereocenters. The fraction of sp³-hybridized carbons (Fsp3) is 0.533. The Morgan fingerprint density at radius 2 is 1.83 bits per heavy atom. The minimum Gasteiger partial charge on any atom is -0.342 e. The van der Waals surface area contributed by atoms with E-state index in [0.29, 0.717) is 11.8 Å². The lowest BCUT2D eigenvalue weighted by atomic mass is 10.00. The predicted octanol–water partition coefficient (Wildman–Crippen LogP) is 1.47. The third-order valence-corrected chi connectivity index (χ3v) is 4.37. The molecule has 1 aromatic rings. The van der Waals surface area contributed by atoms with Gasteiger partial charge >= 0.3 is 0 Å². The van der Waals surface area contributed by atoms with Crippen LogP contribution in [0.1, 0.15) is 18.4 Å². The molecule has 0 radical (unpaired) electrons. The van der Waals surface area contributed by atoms with E-state index in [2.05, 4.69) is 10.2 Å². The Balaban J connectivity index is 1.68. The highest BCUT2D eigenvalue weighted by molar-refractivity contribution is 5.83. The van der Waals surface area contributed by atoms with E-state index < -0.39 is 0 Å². The summed E-state index contributed by atoms with van der Waals surface area (Å²) in [6.07, 6.45) is 0. The second kappa shape index (κ2) is 4.73. The summed E-state index contributed by atoms with van der Waals surface area (Å²) in [5.74, 6) is 1.63. The predicted molar refractivity (Wildman–Crippen MR) is 71.3 cm³/mol. The molecule has 3 atom stereocenters. The molecule has 1 aromatic carbocycles. The Bertz CT molecular complexity index is 419. The first-order valence-corrected chi connectivity index (χ1v) is 6.80. The normalized spacial score (nSPS) is 28.2. The van der Waals surface area contributed by atoms with Crippen LogP contribution in [-0.4, -0.2) is 37.0 Å². The Hall–Kier alpha value is -1.35. The molecule has 0 aliphatic carbocycles. The summed E-state index contributed by atoms with van der Waals surface area (Å²) < 4.78 is 0. The minimum absolute atomic E-state index is 0.0158. The van der Waals surface area contributed by atoms with Gasteiger partial charge in [0.25, 0.3) is 0 Å². The van der Waals surface area contributed by atoms with E-state index in [-0.39, 0.29) is 11.8 Å². The average Bonchev–Trinajstić information content (AvgIpc) is 2.99. The molecule has 3 heteroatoms. The van der Waals surface area contributed by atoms with Gasteiger partial charge in [0, 0.05) is 26.2 Å². The number of carbonyl (C=O) groups excluding carboxylic acids is 1. The number of carbonyl (C=O) groups is 1. The first-order chi connectivity index (χ1) is 8.75. The standard InChI is InChI=1S/C15H20N2O/c1-11(12-5-3-2-4-6-12)15(18)17-9-13-7-16-8-14(13)10-17/h2-6,11,13-14,16H,7-10H2,1H3. The van der Waals surface area contributed by atoms with Gasteiger partial charge in [-0.15, -0.1) is 0 Å². The highest BCUT2D eigenvalue weighted by atomic mass is 16.2. The van der Waals surface area contributed by atoms with Crippen LogP contribution in [0.25, 0.3) is 0 Å². The number of hydrogen-bond acceptors (Lipinski definition) is 2. The Labute approximate surface area is 108 Å². The van der Waals surface area contributed by atoms with Gasteiger partial charge in [-0.25, -0.2) is 0 Å². The molecule has 2 aliphatic heterocycles. The minimum atomic E-state index is -0.0158. The second-order valence-electron chi connectivity index (χ2n) is 5.55. The van der Waals surface area contributed by atoms with Crippen LogP contribution in [0, 0.1) is 11.8 Å². The van der Waals surface area contributed by atoms with Crippen molar-refractivity contribution in [3.8, 4) is 0 Å². The fourth-order valence-electron chi connectivity index (χ4n) is 3.19. The second-order valence-corrected chi connectivity index (χ2v) is 5.55. The van der Waals surface area contributed by atoms with E-state index in [4.69, 9.17) is 0 Å². The number of benzene rings is 1. The van der Waals surface area contributed by atoms with Crippen LogP contribution < -0.4 is 5.32 Å². The number of likely N-dealkylation sites (tertiary alicyclic amines) is 1. The van der Waals surface area contributed by atoms with Crippen molar-refractivity contribution in [1.82, 2.24) is 10.2 Å². The van der Waals surface area contributed by atoms with Gasteiger partial charge in [-0.2, -0.15) is 0 Å². The smallest absolute Gasteiger partial charge is 0.229 e. The lowest BCUT2D eigenvalue weighted by Gasteiger charge is -2.22. The number of amides is 1. The van der Waals surface area contributed by atoms with Crippen LogP contribution in [-0.2, 0) is 4.79 Å². The number of rotatable bonds is 2. The number of fused-ring (bicyclic) bond motifs is 1. The van der Waals surface area contributed by atoms with Gasteiger partial charge in [0.05, 0.1) is 5.92 Å². The molecular weight excluding hydrogens is 224 g/mol. The van der Waals surface area contributed by atoms with Crippen LogP contribution in [0.2, 0.25) is 0 Å². The summed E-state index contributed by atoms with van der Waals surface area (Å²) >= 11 is 0. The van der Waals surface area contributed by atoms with Gasteiger partial charge in [0.2, 0.25) is 5.91 Å². The lowest BCUT2D eigenvalue weighted by Crippen LogP contribution is -2.34. The first kappa shape index (κ1) is 11.7. The van der Waals surface area contributed by atoms with Crippen molar-refractivity contribution in [2.75, 3.05) is 26.2 Å². The summed E-state index contributed by atoms with van der Waals surface area (Å²) in [7, 11) is 0. The Morgan fingerprint density at radius 3 is 2.44 bits per heavy atom. The van der Waals surface area contributed by atoms with Crippen molar-refractivity contribution in [1.29, 1.82) is 0 Å². The van der Waals surface area contributed by atoms with Gasteiger partial charge in [0.15, 0.2) is 0 Å². The molecule has 0 bridgehead atoms. The average molecular weight is 244 g/mol. The highest BCUT2D eigenvalue weighted by Crippen LogP contribution is 2.29. The zero-order chi connectivity index (χ0) is 12.5. The molecule has 1 amide bonds. The van der Waals surface area contributed by atoms with Crippen LogP contribution in [0.15, 0.2) is 30.3 Å². The van der Waals surface area contributed by atoms with E-state index in [1.165, 1.54) is 0 Å². The Morgan fingerprint density at radius 1 is 1.22 bits per heavy atom. The summed E-state index contributed by atoms with van der Waals surface area (Å²) in [6.45, 7) is 6.05. The molecule has 1 N–H and O–H groups in total. The van der Waals surface area contributed by atoms with Crippen LogP contribution in [0.3, 0.4) is 0 Å². The third-order valence-electron chi connectivity index (χ3n) is 4.37. The molecule has 18 heavy (non-hydrogen) atoms. The lowest BCUT2D eigenvalue weighted by molar-refractivity contribution is -0.131. The quantitative estimate of drug-likeness (QED) is 0.854. The SMILES string of the molecule is CC(C(=O)N1CC2CNCC2C1)c1ccccc1. The van der Waals surface area contributed by atoms with Crippen LogP contribution in [0.4, 0.5) is 0 Å². The van der Waals surface area contributed by atoms with Gasteiger partial charge in [-0.3, -0.25) is 4.79 Å². The molecule has 0 spiro atoms. The van der Waals surface area contributed by atoms with Gasteiger partial charge in [0.1, 0.15) is 0 Å². The highest BCUT2D eigenvalue weighted by Gasteiger charge is 2.39. The summed E-state index contributed by atoms with van der Waals surface area (Å²) in [6, 6.07) is 10.1. The molecule has 2 saturated heterocycles. The molecule has 96 valence electrons. The molecule has 2 aliphatic rings. The van der Waals surface area contributed by atoms with Gasteiger partial charge in [-0.1, -0.05) is 30.3 Å². The van der Waals surface area contributed by atoms with E-state index in [9.17, 15) is 4.79 Å². The monoisotopic (exact) mass is 244 g/mol. The number of nitrogens with zero attached hydrogens (tertiary/aromatic N) is 1. The van der Waals surface area contributed by atoms with Crippen molar-refractivity contribution >= 4 is 5.91 Å². The van der Waals surface area contributed by atoms with E-state index >= 15 is 0 Å². The third kappa shape index (κ3) is 2.03. The van der Waals surface area contributed by atoms with E-state index in [1.54, 1.807) is 0 Å². The van der Waals surface area contributed by atoms with E-state index in [0.717, 1.165) is 31.7 Å². The van der Waals surface area contributed by atoms with Crippen molar-refractivity contribution in [3.05, 3.63) is 35.9 Å². The first-order valence-electron chi connectivity index (χ1n) is 6.80. The van der Waals surface area contributed by atoms with Gasteiger partial charge in [-0.05, 0) is 24.3 Å². The van der Waals surface area contributed by atoms with Crippen molar-refractivity contribution in [3.63, 3.8) is 0 Å². The molecular formula is C15H20N2O. The molecule has 0 saturated carbocycles. The zero-order valence-electron chi connectivity index (χ0n) is 10.8. The molecule has 2 heterocycles. The maximum absolute atomic E-state index is 12.5. The molecule has 3 rings (SSSR count). The maximum atomic E-state index is 12.5. The summed E-state index contributed by atoms with van der Waals surface area (Å²) in [5.41, 5.74) is 1.12. The van der Waals surface area contributed by atoms with Crippen molar-refractivity contribution in [2.24, 2.45) is 11.8 Å². The number of hydrogen-bond donors (Lipinski definition) is 1. The largest absolute Gasteiger partial charge is 0.342 e. The number of nitrogens with one attached hydrogen (secondary N) is 1. The fourth-order valence-corrected chi connectivity index (χ4v) is 3.19. The van der Waals surface area contributed by atoms with E-state index in [1.807, 2.05) is 37.3 Å². The van der Waals surface area contributed by atoms with Crippen molar-refractivity contribution in [2.45, 2.75) is 12.8 Å². The maximum Gasteiger partial charge on any atom is 0.229 e. The van der Waals surface area contributed by atoms with Crippen molar-refractivity contribution < 1.29 is 4.79 Å². The molecule has 2 fully saturated rings.